The van der Waals surface area contributed by atoms with E-state index in [9.17, 15) is 4.79 Å². The van der Waals surface area contributed by atoms with Crippen LogP contribution in [0.15, 0.2) is 24.4 Å². The third-order valence-corrected chi connectivity index (χ3v) is 3.87. The average Bonchev–Trinajstić information content (AvgIpc) is 2.76. The highest BCUT2D eigenvalue weighted by atomic mass is 16.2. The molecule has 0 saturated carbocycles. The molecule has 1 amide bonds. The van der Waals surface area contributed by atoms with Gasteiger partial charge in [0.05, 0.1) is 5.52 Å². The number of aromatic nitrogens is 2. The highest BCUT2D eigenvalue weighted by Crippen LogP contribution is 2.20. The summed E-state index contributed by atoms with van der Waals surface area (Å²) in [5, 5.41) is 0. The van der Waals surface area contributed by atoms with Crippen LogP contribution in [-0.4, -0.2) is 33.3 Å². The molecule has 1 fully saturated rings. The molecule has 1 atom stereocenters. The monoisotopic (exact) mass is 257 g/mol. The van der Waals surface area contributed by atoms with Crippen LogP contribution in [0.3, 0.4) is 0 Å². The number of fused-ring (bicyclic) bond motifs is 1. The first-order chi connectivity index (χ1) is 9.16. The highest BCUT2D eigenvalue weighted by Gasteiger charge is 2.25. The minimum Gasteiger partial charge on any atom is -0.337 e. The molecule has 4 nitrogen and oxygen atoms in total. The molecule has 0 spiro atoms. The van der Waals surface area contributed by atoms with Gasteiger partial charge in [-0.3, -0.25) is 4.79 Å². The number of likely N-dealkylation sites (tertiary alicyclic amines) is 1. The maximum atomic E-state index is 12.6. The Balaban J connectivity index is 1.97. The van der Waals surface area contributed by atoms with Crippen molar-refractivity contribution < 1.29 is 4.79 Å². The predicted octanol–water partition coefficient (Wildman–Crippen LogP) is 2.51. The molecule has 0 bridgehead atoms. The van der Waals surface area contributed by atoms with Gasteiger partial charge in [0.2, 0.25) is 0 Å². The predicted molar refractivity (Wildman–Crippen MR) is 74.2 cm³/mol. The Morgan fingerprint density at radius 3 is 3.05 bits per heavy atom. The molecule has 1 saturated heterocycles. The second-order valence-corrected chi connectivity index (χ2v) is 5.46. The van der Waals surface area contributed by atoms with Gasteiger partial charge in [-0.1, -0.05) is 13.0 Å². The van der Waals surface area contributed by atoms with Crippen molar-refractivity contribution in [2.45, 2.75) is 26.7 Å². The molecule has 1 aliphatic rings. The van der Waals surface area contributed by atoms with E-state index in [-0.39, 0.29) is 5.91 Å². The quantitative estimate of drug-likeness (QED) is 0.787. The first-order valence-corrected chi connectivity index (χ1v) is 6.90. The van der Waals surface area contributed by atoms with Crippen LogP contribution in [0.1, 0.15) is 36.1 Å². The number of carbonyl (C=O) groups is 1. The van der Waals surface area contributed by atoms with Crippen LogP contribution in [0.5, 0.6) is 0 Å². The van der Waals surface area contributed by atoms with Gasteiger partial charge >= 0.3 is 0 Å². The van der Waals surface area contributed by atoms with Crippen LogP contribution >= 0.6 is 0 Å². The zero-order valence-corrected chi connectivity index (χ0v) is 11.5. The summed E-state index contributed by atoms with van der Waals surface area (Å²) in [6, 6.07) is 5.87. The Morgan fingerprint density at radius 2 is 2.26 bits per heavy atom. The van der Waals surface area contributed by atoms with Crippen LogP contribution in [0.2, 0.25) is 0 Å². The topological polar surface area (TPSA) is 37.6 Å². The van der Waals surface area contributed by atoms with Crippen molar-refractivity contribution in [1.29, 1.82) is 0 Å². The van der Waals surface area contributed by atoms with E-state index in [2.05, 4.69) is 11.9 Å². The Hall–Kier alpha value is -1.84. The molecule has 0 N–H and O–H groups in total. The van der Waals surface area contributed by atoms with Gasteiger partial charge in [-0.25, -0.2) is 4.98 Å². The smallest absolute Gasteiger partial charge is 0.274 e. The lowest BCUT2D eigenvalue weighted by Gasteiger charge is -2.30. The molecular weight excluding hydrogens is 238 g/mol. The van der Waals surface area contributed by atoms with Gasteiger partial charge in [-0.15, -0.1) is 0 Å². The van der Waals surface area contributed by atoms with E-state index < -0.39 is 0 Å². The van der Waals surface area contributed by atoms with Crippen LogP contribution in [0, 0.1) is 12.8 Å². The summed E-state index contributed by atoms with van der Waals surface area (Å²) < 4.78 is 1.97. The Bertz CT molecular complexity index is 617. The largest absolute Gasteiger partial charge is 0.337 e. The van der Waals surface area contributed by atoms with Crippen molar-refractivity contribution in [3.05, 3.63) is 35.9 Å². The van der Waals surface area contributed by atoms with E-state index in [0.717, 1.165) is 30.9 Å². The average molecular weight is 257 g/mol. The fourth-order valence-electron chi connectivity index (χ4n) is 2.87. The summed E-state index contributed by atoms with van der Waals surface area (Å²) in [5.41, 5.74) is 1.50. The normalized spacial score (nSPS) is 19.9. The van der Waals surface area contributed by atoms with Gasteiger partial charge in [0.15, 0.2) is 5.69 Å². The van der Waals surface area contributed by atoms with E-state index >= 15 is 0 Å². The lowest BCUT2D eigenvalue weighted by molar-refractivity contribution is 0.0679. The van der Waals surface area contributed by atoms with Crippen LogP contribution < -0.4 is 0 Å². The molecule has 1 unspecified atom stereocenters. The Morgan fingerprint density at radius 1 is 1.42 bits per heavy atom. The number of hydrogen-bond acceptors (Lipinski definition) is 2. The molecule has 1 aliphatic heterocycles. The van der Waals surface area contributed by atoms with E-state index in [4.69, 9.17) is 0 Å². The molecule has 0 aliphatic carbocycles. The van der Waals surface area contributed by atoms with Gasteiger partial charge < -0.3 is 9.30 Å². The van der Waals surface area contributed by atoms with Crippen molar-refractivity contribution in [2.24, 2.45) is 5.92 Å². The van der Waals surface area contributed by atoms with Crippen LogP contribution in [0.4, 0.5) is 0 Å². The second kappa shape index (κ2) is 4.68. The number of carbonyl (C=O) groups excluding carboxylic acids is 1. The fourth-order valence-corrected chi connectivity index (χ4v) is 2.87. The molecule has 2 aromatic heterocycles. The van der Waals surface area contributed by atoms with Crippen molar-refractivity contribution in [3.63, 3.8) is 0 Å². The maximum Gasteiger partial charge on any atom is 0.274 e. The van der Waals surface area contributed by atoms with Gasteiger partial charge in [-0.2, -0.15) is 0 Å². The standard InChI is InChI=1S/C15H19N3O/c1-11-6-5-8-17(10-11)15(19)14-13-7-3-4-9-18(13)12(2)16-14/h3-4,7,9,11H,5-6,8,10H2,1-2H3. The summed E-state index contributed by atoms with van der Waals surface area (Å²) in [4.78, 5) is 19.0. The Labute approximate surface area is 113 Å². The van der Waals surface area contributed by atoms with E-state index in [1.165, 1.54) is 6.42 Å². The molecule has 3 heterocycles. The summed E-state index contributed by atoms with van der Waals surface area (Å²) >= 11 is 0. The zero-order chi connectivity index (χ0) is 13.4. The van der Waals surface area contributed by atoms with Crippen molar-refractivity contribution in [3.8, 4) is 0 Å². The number of nitrogens with zero attached hydrogens (tertiary/aromatic N) is 3. The van der Waals surface area contributed by atoms with Gasteiger partial charge in [0.1, 0.15) is 5.82 Å². The number of rotatable bonds is 1. The minimum atomic E-state index is 0.0725. The maximum absolute atomic E-state index is 12.6. The van der Waals surface area contributed by atoms with Gasteiger partial charge in [0.25, 0.3) is 5.91 Å². The minimum absolute atomic E-state index is 0.0725. The number of pyridine rings is 1. The van der Waals surface area contributed by atoms with Crippen LogP contribution in [-0.2, 0) is 0 Å². The highest BCUT2D eigenvalue weighted by molar-refractivity contribution is 5.99. The molecular formula is C15H19N3O. The van der Waals surface area contributed by atoms with E-state index in [0.29, 0.717) is 11.6 Å². The van der Waals surface area contributed by atoms with Gasteiger partial charge in [-0.05, 0) is 37.8 Å². The zero-order valence-electron chi connectivity index (χ0n) is 11.5. The second-order valence-electron chi connectivity index (χ2n) is 5.46. The molecule has 100 valence electrons. The van der Waals surface area contributed by atoms with Crippen LogP contribution in [0.25, 0.3) is 5.52 Å². The molecule has 0 aromatic carbocycles. The number of piperidine rings is 1. The van der Waals surface area contributed by atoms with Crippen molar-refractivity contribution >= 4 is 11.4 Å². The summed E-state index contributed by atoms with van der Waals surface area (Å²) in [6.45, 7) is 5.84. The van der Waals surface area contributed by atoms with Crippen molar-refractivity contribution in [2.75, 3.05) is 13.1 Å². The lowest BCUT2D eigenvalue weighted by atomic mass is 10.00. The van der Waals surface area contributed by atoms with Crippen molar-refractivity contribution in [1.82, 2.24) is 14.3 Å². The third kappa shape index (κ3) is 2.11. The summed E-state index contributed by atoms with van der Waals surface area (Å²) in [7, 11) is 0. The molecule has 3 rings (SSSR count). The van der Waals surface area contributed by atoms with E-state index in [1.54, 1.807) is 0 Å². The number of aryl methyl sites for hydroxylation is 1. The molecule has 2 aromatic rings. The fraction of sp³-hybridized carbons (Fsp3) is 0.467. The molecule has 0 radical (unpaired) electrons. The first kappa shape index (κ1) is 12.2. The molecule has 4 heteroatoms. The summed E-state index contributed by atoms with van der Waals surface area (Å²) in [5.74, 6) is 1.53. The number of imidazole rings is 1. The lowest BCUT2D eigenvalue weighted by Crippen LogP contribution is -2.39. The Kier molecular flexibility index (Phi) is 3.01. The third-order valence-electron chi connectivity index (χ3n) is 3.87. The number of amides is 1. The molecule has 19 heavy (non-hydrogen) atoms. The first-order valence-electron chi connectivity index (χ1n) is 6.90. The van der Waals surface area contributed by atoms with Gasteiger partial charge in [0, 0.05) is 19.3 Å². The SMILES string of the molecule is Cc1nc(C(=O)N2CCCC(C)C2)c2ccccn12. The number of hydrogen-bond donors (Lipinski definition) is 0. The summed E-state index contributed by atoms with van der Waals surface area (Å²) in [6.07, 6.45) is 4.26. The van der Waals surface area contributed by atoms with E-state index in [1.807, 2.05) is 40.6 Å².